The predicted octanol–water partition coefficient (Wildman–Crippen LogP) is 7.18. The van der Waals surface area contributed by atoms with Gasteiger partial charge in [0.1, 0.15) is 18.2 Å². The Morgan fingerprint density at radius 1 is 1.03 bits per heavy atom. The number of benzene rings is 3. The highest BCUT2D eigenvalue weighted by Crippen LogP contribution is 2.36. The van der Waals surface area contributed by atoms with Crippen LogP contribution in [0.5, 0.6) is 5.75 Å². The lowest BCUT2D eigenvalue weighted by molar-refractivity contribution is 0.0697. The molecule has 7 heteroatoms. The van der Waals surface area contributed by atoms with Gasteiger partial charge >= 0.3 is 5.97 Å². The minimum absolute atomic E-state index is 0.141. The molecular weight excluding hydrogens is 452 g/mol. The van der Waals surface area contributed by atoms with E-state index in [2.05, 4.69) is 0 Å². The van der Waals surface area contributed by atoms with Gasteiger partial charge in [-0.05, 0) is 67.6 Å². The molecule has 4 aromatic rings. The van der Waals surface area contributed by atoms with Crippen LogP contribution in [0.15, 0.2) is 72.8 Å². The molecule has 0 spiro atoms. The molecule has 0 saturated carbocycles. The fourth-order valence-corrected chi connectivity index (χ4v) is 3.89. The molecule has 32 heavy (non-hydrogen) atoms. The summed E-state index contributed by atoms with van der Waals surface area (Å²) in [7, 11) is 0. The number of carboxylic acid groups (broad SMARTS) is 1. The van der Waals surface area contributed by atoms with Crippen LogP contribution in [-0.2, 0) is 6.61 Å². The molecule has 0 saturated heterocycles. The molecule has 3 aromatic carbocycles. The van der Waals surface area contributed by atoms with Gasteiger partial charge in [0, 0.05) is 27.5 Å². The van der Waals surface area contributed by atoms with Crippen molar-refractivity contribution >= 4 is 29.2 Å². The van der Waals surface area contributed by atoms with Crippen molar-refractivity contribution < 1.29 is 19.0 Å². The second-order valence-electron chi connectivity index (χ2n) is 7.22. The summed E-state index contributed by atoms with van der Waals surface area (Å²) < 4.78 is 21.3. The van der Waals surface area contributed by atoms with Crippen molar-refractivity contribution in [3.8, 4) is 22.7 Å². The molecule has 4 rings (SSSR count). The van der Waals surface area contributed by atoms with Gasteiger partial charge in [-0.25, -0.2) is 9.18 Å². The Bertz CT molecular complexity index is 1320. The second kappa shape index (κ2) is 9.07. The van der Waals surface area contributed by atoms with Crippen LogP contribution in [0.4, 0.5) is 4.39 Å². The Morgan fingerprint density at radius 3 is 2.59 bits per heavy atom. The zero-order valence-electron chi connectivity index (χ0n) is 17.0. The summed E-state index contributed by atoms with van der Waals surface area (Å²) in [6, 6.07) is 20.0. The summed E-state index contributed by atoms with van der Waals surface area (Å²) in [6.07, 6.45) is 0. The molecule has 0 amide bonds. The molecule has 0 aliphatic rings. The van der Waals surface area contributed by atoms with Crippen LogP contribution in [-0.4, -0.2) is 15.6 Å². The van der Waals surface area contributed by atoms with Crippen LogP contribution < -0.4 is 4.74 Å². The summed E-state index contributed by atoms with van der Waals surface area (Å²) in [5.41, 5.74) is 3.96. The third-order valence-electron chi connectivity index (χ3n) is 5.04. The molecule has 0 unspecified atom stereocenters. The van der Waals surface area contributed by atoms with Crippen LogP contribution in [0, 0.1) is 12.7 Å². The van der Waals surface area contributed by atoms with E-state index in [1.807, 2.05) is 29.7 Å². The van der Waals surface area contributed by atoms with Gasteiger partial charge in [-0.1, -0.05) is 35.3 Å². The van der Waals surface area contributed by atoms with Gasteiger partial charge in [0.15, 0.2) is 0 Å². The average Bonchev–Trinajstić information content (AvgIpc) is 3.15. The van der Waals surface area contributed by atoms with E-state index in [9.17, 15) is 14.3 Å². The number of aromatic nitrogens is 1. The van der Waals surface area contributed by atoms with E-state index in [1.165, 1.54) is 12.1 Å². The standard InChI is InChI=1S/C25H18Cl2FNO3/c1-15-5-9-23(29(15)20-4-2-3-16(11-20)25(30)31)21-12-18(26)7-10-24(21)32-14-17-6-8-19(28)13-22(17)27/h2-13H,14H2,1H3,(H,30,31). The van der Waals surface area contributed by atoms with Gasteiger partial charge in [-0.3, -0.25) is 0 Å². The first kappa shape index (κ1) is 21.9. The topological polar surface area (TPSA) is 51.5 Å². The highest BCUT2D eigenvalue weighted by molar-refractivity contribution is 6.31. The zero-order valence-corrected chi connectivity index (χ0v) is 18.5. The number of aromatic carboxylic acids is 1. The number of ether oxygens (including phenoxy) is 1. The quantitative estimate of drug-likeness (QED) is 0.325. The van der Waals surface area contributed by atoms with Gasteiger partial charge in [0.2, 0.25) is 0 Å². The first-order valence-electron chi connectivity index (χ1n) is 9.72. The first-order valence-corrected chi connectivity index (χ1v) is 10.5. The van der Waals surface area contributed by atoms with E-state index >= 15 is 0 Å². The molecule has 1 heterocycles. The van der Waals surface area contributed by atoms with Crippen molar-refractivity contribution in [2.75, 3.05) is 0 Å². The maximum Gasteiger partial charge on any atom is 0.335 e. The third kappa shape index (κ3) is 4.49. The molecule has 0 radical (unpaired) electrons. The summed E-state index contributed by atoms with van der Waals surface area (Å²) in [6.45, 7) is 2.07. The lowest BCUT2D eigenvalue weighted by Gasteiger charge is -2.17. The Labute approximate surface area is 194 Å². The SMILES string of the molecule is Cc1ccc(-c2cc(Cl)ccc2OCc2ccc(F)cc2Cl)n1-c1cccc(C(=O)O)c1. The molecule has 0 bridgehead atoms. The number of hydrogen-bond acceptors (Lipinski definition) is 2. The zero-order chi connectivity index (χ0) is 22.8. The fourth-order valence-electron chi connectivity index (χ4n) is 3.49. The van der Waals surface area contributed by atoms with E-state index < -0.39 is 11.8 Å². The molecule has 1 N–H and O–H groups in total. The smallest absolute Gasteiger partial charge is 0.335 e. The van der Waals surface area contributed by atoms with Gasteiger partial charge in [-0.2, -0.15) is 0 Å². The van der Waals surface area contributed by atoms with E-state index in [1.54, 1.807) is 42.5 Å². The number of carbonyl (C=O) groups is 1. The molecule has 0 aliphatic carbocycles. The van der Waals surface area contributed by atoms with Gasteiger partial charge in [-0.15, -0.1) is 0 Å². The average molecular weight is 470 g/mol. The van der Waals surface area contributed by atoms with E-state index in [0.29, 0.717) is 22.0 Å². The van der Waals surface area contributed by atoms with Gasteiger partial charge in [0.05, 0.1) is 16.3 Å². The van der Waals surface area contributed by atoms with Crippen LogP contribution in [0.25, 0.3) is 16.9 Å². The van der Waals surface area contributed by atoms with Crippen LogP contribution in [0.1, 0.15) is 21.6 Å². The van der Waals surface area contributed by atoms with Crippen molar-refractivity contribution in [2.45, 2.75) is 13.5 Å². The second-order valence-corrected chi connectivity index (χ2v) is 8.06. The molecule has 4 nitrogen and oxygen atoms in total. The molecule has 1 aromatic heterocycles. The minimum Gasteiger partial charge on any atom is -0.488 e. The number of aryl methyl sites for hydroxylation is 1. The van der Waals surface area contributed by atoms with Crippen molar-refractivity contribution in [1.82, 2.24) is 4.57 Å². The number of rotatable bonds is 6. The molecule has 0 aliphatic heterocycles. The summed E-state index contributed by atoms with van der Waals surface area (Å²) >= 11 is 12.4. The maximum absolute atomic E-state index is 13.3. The molecule has 162 valence electrons. The Hall–Kier alpha value is -3.28. The van der Waals surface area contributed by atoms with Gasteiger partial charge < -0.3 is 14.4 Å². The summed E-state index contributed by atoms with van der Waals surface area (Å²) in [5, 5.41) is 10.2. The third-order valence-corrected chi connectivity index (χ3v) is 5.63. The van der Waals surface area contributed by atoms with Gasteiger partial charge in [0.25, 0.3) is 0 Å². The summed E-state index contributed by atoms with van der Waals surface area (Å²) in [5.74, 6) is -0.854. The van der Waals surface area contributed by atoms with E-state index in [4.69, 9.17) is 27.9 Å². The molecular formula is C25H18Cl2FNO3. The predicted molar refractivity (Wildman–Crippen MR) is 124 cm³/mol. The minimum atomic E-state index is -0.999. The summed E-state index contributed by atoms with van der Waals surface area (Å²) in [4.78, 5) is 11.4. The first-order chi connectivity index (χ1) is 15.3. The fraction of sp³-hybridized carbons (Fsp3) is 0.0800. The lowest BCUT2D eigenvalue weighted by atomic mass is 10.1. The Morgan fingerprint density at radius 2 is 1.84 bits per heavy atom. The highest BCUT2D eigenvalue weighted by atomic mass is 35.5. The van der Waals surface area contributed by atoms with Crippen molar-refractivity contribution in [1.29, 1.82) is 0 Å². The van der Waals surface area contributed by atoms with Crippen LogP contribution >= 0.6 is 23.2 Å². The van der Waals surface area contributed by atoms with Crippen LogP contribution in [0.2, 0.25) is 10.0 Å². The molecule has 0 fully saturated rings. The number of halogens is 3. The monoisotopic (exact) mass is 469 g/mol. The Kier molecular flexibility index (Phi) is 6.21. The van der Waals surface area contributed by atoms with Crippen molar-refractivity contribution in [2.24, 2.45) is 0 Å². The largest absolute Gasteiger partial charge is 0.488 e. The normalized spacial score (nSPS) is 10.9. The Balaban J connectivity index is 1.76. The van der Waals surface area contributed by atoms with E-state index in [0.717, 1.165) is 17.0 Å². The highest BCUT2D eigenvalue weighted by Gasteiger charge is 2.16. The van der Waals surface area contributed by atoms with Crippen molar-refractivity contribution in [3.63, 3.8) is 0 Å². The lowest BCUT2D eigenvalue weighted by Crippen LogP contribution is -2.04. The maximum atomic E-state index is 13.3. The van der Waals surface area contributed by atoms with Crippen LogP contribution in [0.3, 0.4) is 0 Å². The van der Waals surface area contributed by atoms with Crippen molar-refractivity contribution in [3.05, 3.63) is 105 Å². The molecule has 0 atom stereocenters. The number of nitrogens with zero attached hydrogens (tertiary/aromatic N) is 1. The number of hydrogen-bond donors (Lipinski definition) is 1. The number of carboxylic acids is 1. The van der Waals surface area contributed by atoms with E-state index in [-0.39, 0.29) is 17.2 Å².